The average molecular weight is 275 g/mol. The van der Waals surface area contributed by atoms with Crippen LogP contribution in [0.15, 0.2) is 18.3 Å². The molecule has 0 bridgehead atoms. The summed E-state index contributed by atoms with van der Waals surface area (Å²) in [7, 11) is 0. The van der Waals surface area contributed by atoms with Crippen molar-refractivity contribution in [1.82, 2.24) is 10.3 Å². The van der Waals surface area contributed by atoms with E-state index in [1.54, 1.807) is 0 Å². The predicted molar refractivity (Wildman–Crippen MR) is 86.0 cm³/mol. The third-order valence-electron chi connectivity index (χ3n) is 4.06. The van der Waals surface area contributed by atoms with Gasteiger partial charge in [-0.1, -0.05) is 13.0 Å². The van der Waals surface area contributed by atoms with E-state index in [-0.39, 0.29) is 5.54 Å². The Kier molecular flexibility index (Phi) is 4.69. The Morgan fingerprint density at radius 1 is 1.30 bits per heavy atom. The van der Waals surface area contributed by atoms with E-state index < -0.39 is 0 Å². The van der Waals surface area contributed by atoms with E-state index in [1.165, 1.54) is 18.4 Å². The lowest BCUT2D eigenvalue weighted by atomic mass is 9.93. The fourth-order valence-electron chi connectivity index (χ4n) is 2.81. The molecule has 0 radical (unpaired) electrons. The Hall–Kier alpha value is -1.09. The molecule has 1 aromatic heterocycles. The molecule has 2 unspecified atom stereocenters. The summed E-state index contributed by atoms with van der Waals surface area (Å²) in [4.78, 5) is 7.11. The second kappa shape index (κ2) is 6.13. The third-order valence-corrected chi connectivity index (χ3v) is 4.06. The number of anilines is 1. The van der Waals surface area contributed by atoms with Crippen LogP contribution in [0.3, 0.4) is 0 Å². The Morgan fingerprint density at radius 3 is 2.60 bits per heavy atom. The van der Waals surface area contributed by atoms with Gasteiger partial charge in [0.1, 0.15) is 5.82 Å². The third kappa shape index (κ3) is 4.20. The molecule has 0 amide bonds. The summed E-state index contributed by atoms with van der Waals surface area (Å²) < 4.78 is 0. The highest BCUT2D eigenvalue weighted by molar-refractivity contribution is 5.41. The summed E-state index contributed by atoms with van der Waals surface area (Å²) in [5.41, 5.74) is 1.40. The normalized spacial score (nSPS) is 23.9. The van der Waals surface area contributed by atoms with Crippen LogP contribution in [0, 0.1) is 5.92 Å². The van der Waals surface area contributed by atoms with Gasteiger partial charge in [0, 0.05) is 30.9 Å². The van der Waals surface area contributed by atoms with E-state index in [1.807, 2.05) is 6.20 Å². The lowest BCUT2D eigenvalue weighted by Gasteiger charge is -2.37. The van der Waals surface area contributed by atoms with Crippen LogP contribution >= 0.6 is 0 Å². The number of hydrogen-bond donors (Lipinski definition) is 1. The first kappa shape index (κ1) is 15.3. The fourth-order valence-corrected chi connectivity index (χ4v) is 2.81. The van der Waals surface area contributed by atoms with Crippen LogP contribution in [0.4, 0.5) is 5.82 Å². The lowest BCUT2D eigenvalue weighted by Crippen LogP contribution is -2.40. The molecule has 1 aliphatic rings. The summed E-state index contributed by atoms with van der Waals surface area (Å²) in [6, 6.07) is 4.97. The largest absolute Gasteiger partial charge is 0.354 e. The maximum Gasteiger partial charge on any atom is 0.128 e. The van der Waals surface area contributed by atoms with Crippen LogP contribution < -0.4 is 10.2 Å². The summed E-state index contributed by atoms with van der Waals surface area (Å²) >= 11 is 0. The number of pyridine rings is 1. The van der Waals surface area contributed by atoms with Gasteiger partial charge in [0.25, 0.3) is 0 Å². The van der Waals surface area contributed by atoms with Gasteiger partial charge in [0.05, 0.1) is 0 Å². The molecule has 0 spiro atoms. The molecule has 3 heteroatoms. The van der Waals surface area contributed by atoms with Crippen molar-refractivity contribution in [3.05, 3.63) is 23.9 Å². The van der Waals surface area contributed by atoms with E-state index in [0.717, 1.165) is 24.8 Å². The SMILES string of the molecule is CC1CCN(c2ccc(CNC(C)(C)C)cn2)C(C)C1. The van der Waals surface area contributed by atoms with Crippen LogP contribution in [0.25, 0.3) is 0 Å². The number of piperidine rings is 1. The molecule has 3 nitrogen and oxygen atoms in total. The smallest absolute Gasteiger partial charge is 0.128 e. The molecule has 2 rings (SSSR count). The van der Waals surface area contributed by atoms with Gasteiger partial charge in [0.15, 0.2) is 0 Å². The van der Waals surface area contributed by atoms with Crippen molar-refractivity contribution in [1.29, 1.82) is 0 Å². The van der Waals surface area contributed by atoms with E-state index in [4.69, 9.17) is 0 Å². The second-order valence-corrected chi connectivity index (χ2v) is 7.30. The number of nitrogens with zero attached hydrogens (tertiary/aromatic N) is 2. The van der Waals surface area contributed by atoms with Gasteiger partial charge in [-0.15, -0.1) is 0 Å². The minimum absolute atomic E-state index is 0.149. The van der Waals surface area contributed by atoms with Gasteiger partial charge in [-0.3, -0.25) is 0 Å². The quantitative estimate of drug-likeness (QED) is 0.913. The van der Waals surface area contributed by atoms with Gasteiger partial charge in [-0.2, -0.15) is 0 Å². The molecule has 20 heavy (non-hydrogen) atoms. The monoisotopic (exact) mass is 275 g/mol. The highest BCUT2D eigenvalue weighted by Gasteiger charge is 2.23. The summed E-state index contributed by atoms with van der Waals surface area (Å²) in [5, 5.41) is 3.50. The van der Waals surface area contributed by atoms with Gasteiger partial charge in [0.2, 0.25) is 0 Å². The van der Waals surface area contributed by atoms with E-state index in [9.17, 15) is 0 Å². The second-order valence-electron chi connectivity index (χ2n) is 7.30. The van der Waals surface area contributed by atoms with Crippen molar-refractivity contribution >= 4 is 5.82 Å². The molecule has 1 fully saturated rings. The first-order valence-corrected chi connectivity index (χ1v) is 7.82. The predicted octanol–water partition coefficient (Wildman–Crippen LogP) is 3.59. The molecule has 2 heterocycles. The van der Waals surface area contributed by atoms with E-state index in [0.29, 0.717) is 6.04 Å². The van der Waals surface area contributed by atoms with E-state index >= 15 is 0 Å². The minimum atomic E-state index is 0.149. The van der Waals surface area contributed by atoms with Gasteiger partial charge in [-0.05, 0) is 58.1 Å². The van der Waals surface area contributed by atoms with Gasteiger partial charge in [-0.25, -0.2) is 4.98 Å². The topological polar surface area (TPSA) is 28.2 Å². The summed E-state index contributed by atoms with van der Waals surface area (Å²) in [6.45, 7) is 13.2. The molecular weight excluding hydrogens is 246 g/mol. The van der Waals surface area contributed by atoms with Crippen molar-refractivity contribution in [2.45, 2.75) is 65.6 Å². The number of nitrogens with one attached hydrogen (secondary N) is 1. The first-order valence-electron chi connectivity index (χ1n) is 7.82. The molecule has 1 saturated heterocycles. The van der Waals surface area contributed by atoms with Crippen molar-refractivity contribution in [3.63, 3.8) is 0 Å². The highest BCUT2D eigenvalue weighted by atomic mass is 15.2. The molecule has 0 saturated carbocycles. The van der Waals surface area contributed by atoms with Crippen LogP contribution in [0.5, 0.6) is 0 Å². The molecule has 1 N–H and O–H groups in total. The summed E-state index contributed by atoms with van der Waals surface area (Å²) in [5.74, 6) is 1.97. The maximum atomic E-state index is 4.66. The maximum absolute atomic E-state index is 4.66. The number of hydrogen-bond acceptors (Lipinski definition) is 3. The van der Waals surface area contributed by atoms with Crippen molar-refractivity contribution in [3.8, 4) is 0 Å². The first-order chi connectivity index (χ1) is 9.35. The Bertz CT molecular complexity index is 419. The van der Waals surface area contributed by atoms with Crippen molar-refractivity contribution in [2.24, 2.45) is 5.92 Å². The zero-order chi connectivity index (χ0) is 14.8. The Balaban J connectivity index is 1.97. The number of aromatic nitrogens is 1. The van der Waals surface area contributed by atoms with Crippen LogP contribution in [-0.2, 0) is 6.54 Å². The summed E-state index contributed by atoms with van der Waals surface area (Å²) in [6.07, 6.45) is 4.56. The average Bonchev–Trinajstić information content (AvgIpc) is 2.36. The number of rotatable bonds is 3. The fraction of sp³-hybridized carbons (Fsp3) is 0.706. The molecule has 112 valence electrons. The van der Waals surface area contributed by atoms with Crippen LogP contribution in [0.1, 0.15) is 53.0 Å². The molecule has 2 atom stereocenters. The Labute approximate surface area is 123 Å². The minimum Gasteiger partial charge on any atom is -0.354 e. The zero-order valence-electron chi connectivity index (χ0n) is 13.6. The highest BCUT2D eigenvalue weighted by Crippen LogP contribution is 2.26. The van der Waals surface area contributed by atoms with Gasteiger partial charge >= 0.3 is 0 Å². The standard InChI is InChI=1S/C17H29N3/c1-13-8-9-20(14(2)10-13)16-7-6-15(11-18-16)12-19-17(3,4)5/h6-7,11,13-14,19H,8-10,12H2,1-5H3. The molecule has 0 aliphatic carbocycles. The molecular formula is C17H29N3. The van der Waals surface area contributed by atoms with Crippen molar-refractivity contribution < 1.29 is 0 Å². The lowest BCUT2D eigenvalue weighted by molar-refractivity contribution is 0.376. The molecule has 1 aromatic rings. The molecule has 0 aromatic carbocycles. The zero-order valence-corrected chi connectivity index (χ0v) is 13.6. The van der Waals surface area contributed by atoms with Gasteiger partial charge < -0.3 is 10.2 Å². The Morgan fingerprint density at radius 2 is 2.05 bits per heavy atom. The van der Waals surface area contributed by atoms with E-state index in [2.05, 4.69) is 62.0 Å². The van der Waals surface area contributed by atoms with Crippen LogP contribution in [0.2, 0.25) is 0 Å². The molecule has 1 aliphatic heterocycles. The van der Waals surface area contributed by atoms with Crippen molar-refractivity contribution in [2.75, 3.05) is 11.4 Å². The van der Waals surface area contributed by atoms with Crippen LogP contribution in [-0.4, -0.2) is 23.1 Å².